The van der Waals surface area contributed by atoms with Crippen LogP contribution in [0.15, 0.2) is 0 Å². The molecule has 0 saturated carbocycles. The van der Waals surface area contributed by atoms with Gasteiger partial charge in [-0.3, -0.25) is 4.70 Å². The van der Waals surface area contributed by atoms with E-state index in [-0.39, 0.29) is 4.70 Å². The number of alkyl halides is 2. The van der Waals surface area contributed by atoms with Gasteiger partial charge in [0, 0.05) is 0 Å². The minimum Gasteiger partial charge on any atom is -0.479 e. The van der Waals surface area contributed by atoms with Crippen LogP contribution < -0.4 is 0 Å². The molecule has 1 N–H and O–H groups in total. The second-order valence-electron chi connectivity index (χ2n) is 0.960. The Morgan fingerprint density at radius 2 is 2.12 bits per heavy atom. The number of aliphatic carboxylic acids is 1. The maximum Gasteiger partial charge on any atom is 0.341 e. The smallest absolute Gasteiger partial charge is 0.341 e. The molecule has 1 atom stereocenters. The van der Waals surface area contributed by atoms with Gasteiger partial charge in [-0.15, -0.1) is 0 Å². The molecule has 0 aliphatic heterocycles. The van der Waals surface area contributed by atoms with E-state index in [2.05, 4.69) is 0 Å². The lowest BCUT2D eigenvalue weighted by molar-refractivity contribution is -0.143. The highest BCUT2D eigenvalue weighted by molar-refractivity contribution is 5.72. The highest BCUT2D eigenvalue weighted by Crippen LogP contribution is 1.88. The minimum atomic E-state index is -2.35. The summed E-state index contributed by atoms with van der Waals surface area (Å²) in [5.74, 6) is -1.75. The van der Waals surface area contributed by atoms with Gasteiger partial charge in [-0.2, -0.15) is 0 Å². The Balaban J connectivity index is 0. The lowest BCUT2D eigenvalue weighted by Crippen LogP contribution is -2.15. The lowest BCUT2D eigenvalue weighted by Gasteiger charge is -1.89. The number of halogens is 3. The molecule has 0 rings (SSSR count). The molecule has 0 amide bonds. The molecule has 0 heterocycles. The fourth-order valence-electron chi connectivity index (χ4n) is 0.0660. The molecule has 0 radical (unpaired) electrons. The highest BCUT2D eigenvalue weighted by atomic mass is 19.2. The molecule has 0 aromatic carbocycles. The third-order valence-electron chi connectivity index (χ3n) is 0.403. The van der Waals surface area contributed by atoms with Gasteiger partial charge in [-0.25, -0.2) is 13.6 Å². The van der Waals surface area contributed by atoms with Crippen LogP contribution in [-0.4, -0.2) is 23.9 Å². The van der Waals surface area contributed by atoms with Gasteiger partial charge in [-0.1, -0.05) is 0 Å². The Kier molecular flexibility index (Phi) is 5.68. The number of carbonyl (C=O) groups is 1. The molecular formula is C3H5F3O2. The number of hydrogen-bond acceptors (Lipinski definition) is 1. The largest absolute Gasteiger partial charge is 0.479 e. The fourth-order valence-corrected chi connectivity index (χ4v) is 0.0660. The molecule has 2 nitrogen and oxygen atoms in total. The molecule has 0 fully saturated rings. The molecule has 0 bridgehead atoms. The first-order valence-electron chi connectivity index (χ1n) is 1.61. The molecule has 0 aliphatic rings. The number of rotatable bonds is 2. The average Bonchev–Trinajstić information content (AvgIpc) is 1.65. The molecule has 5 heteroatoms. The van der Waals surface area contributed by atoms with Crippen LogP contribution in [0.1, 0.15) is 0 Å². The molecule has 0 aromatic rings. The van der Waals surface area contributed by atoms with Crippen molar-refractivity contribution in [3.8, 4) is 0 Å². The summed E-state index contributed by atoms with van der Waals surface area (Å²) in [4.78, 5) is 9.32. The topological polar surface area (TPSA) is 37.3 Å². The Morgan fingerprint density at radius 1 is 1.75 bits per heavy atom. The zero-order valence-corrected chi connectivity index (χ0v) is 3.80. The van der Waals surface area contributed by atoms with E-state index in [0.717, 1.165) is 0 Å². The fraction of sp³-hybridized carbons (Fsp3) is 0.667. The van der Waals surface area contributed by atoms with Gasteiger partial charge < -0.3 is 5.11 Å². The summed E-state index contributed by atoms with van der Waals surface area (Å²) in [5, 5.41) is 7.57. The predicted octanol–water partition coefficient (Wildman–Crippen LogP) is 0.531. The molecular weight excluding hydrogens is 125 g/mol. The van der Waals surface area contributed by atoms with Gasteiger partial charge >= 0.3 is 5.97 Å². The standard InChI is InChI=1S/C3H4F2O2.FH/c4-1-2(5)3(6)7;/h2H,1H2,(H,6,7);1H/t2-;/m1./s1. The van der Waals surface area contributed by atoms with E-state index in [9.17, 15) is 13.6 Å². The zero-order valence-electron chi connectivity index (χ0n) is 3.80. The van der Waals surface area contributed by atoms with Gasteiger partial charge in [0.05, 0.1) is 0 Å². The number of carboxylic acids is 1. The average molecular weight is 130 g/mol. The third kappa shape index (κ3) is 3.45. The minimum absolute atomic E-state index is 0. The van der Waals surface area contributed by atoms with Crippen molar-refractivity contribution in [3.05, 3.63) is 0 Å². The van der Waals surface area contributed by atoms with Crippen LogP contribution in [0.5, 0.6) is 0 Å². The first-order chi connectivity index (χ1) is 3.18. The SMILES string of the molecule is F.O=C(O)[C@H](F)CF. The van der Waals surface area contributed by atoms with Crippen LogP contribution in [0.4, 0.5) is 13.5 Å². The number of carboxylic acid groups (broad SMARTS) is 1. The van der Waals surface area contributed by atoms with Crippen LogP contribution in [0.25, 0.3) is 0 Å². The van der Waals surface area contributed by atoms with Gasteiger partial charge in [0.2, 0.25) is 6.17 Å². The predicted molar refractivity (Wildman–Crippen MR) is 21.0 cm³/mol. The van der Waals surface area contributed by atoms with Crippen molar-refractivity contribution in [3.63, 3.8) is 0 Å². The lowest BCUT2D eigenvalue weighted by atomic mass is 10.4. The molecule has 0 unspecified atom stereocenters. The zero-order chi connectivity index (χ0) is 5.86. The summed E-state index contributed by atoms with van der Waals surface area (Å²) in [6, 6.07) is 0. The molecule has 0 spiro atoms. The molecule has 0 saturated heterocycles. The van der Waals surface area contributed by atoms with E-state index in [4.69, 9.17) is 5.11 Å². The van der Waals surface area contributed by atoms with Gasteiger partial charge in [0.25, 0.3) is 0 Å². The summed E-state index contributed by atoms with van der Waals surface area (Å²) < 4.78 is 22.2. The highest BCUT2D eigenvalue weighted by Gasteiger charge is 2.13. The molecule has 8 heavy (non-hydrogen) atoms. The van der Waals surface area contributed by atoms with E-state index in [1.807, 2.05) is 0 Å². The Labute approximate surface area is 43.5 Å². The van der Waals surface area contributed by atoms with Crippen LogP contribution in [0, 0.1) is 0 Å². The Bertz CT molecular complexity index is 74.9. The molecule has 0 aliphatic carbocycles. The van der Waals surface area contributed by atoms with E-state index in [0.29, 0.717) is 0 Å². The second kappa shape index (κ2) is 4.42. The van der Waals surface area contributed by atoms with Crippen molar-refractivity contribution in [1.29, 1.82) is 0 Å². The van der Waals surface area contributed by atoms with Crippen molar-refractivity contribution < 1.29 is 23.4 Å². The van der Waals surface area contributed by atoms with Crippen molar-refractivity contribution >= 4 is 5.97 Å². The monoisotopic (exact) mass is 130 g/mol. The Hall–Kier alpha value is -0.740. The summed E-state index contributed by atoms with van der Waals surface area (Å²) >= 11 is 0. The van der Waals surface area contributed by atoms with Gasteiger partial charge in [0.15, 0.2) is 0 Å². The Morgan fingerprint density at radius 3 is 2.12 bits per heavy atom. The van der Waals surface area contributed by atoms with Crippen molar-refractivity contribution in [1.82, 2.24) is 0 Å². The van der Waals surface area contributed by atoms with Crippen molar-refractivity contribution in [2.75, 3.05) is 6.67 Å². The van der Waals surface area contributed by atoms with Crippen molar-refractivity contribution in [2.24, 2.45) is 0 Å². The summed E-state index contributed by atoms with van der Waals surface area (Å²) in [6.07, 6.45) is -2.35. The normalized spacial score (nSPS) is 11.8. The first-order valence-corrected chi connectivity index (χ1v) is 1.61. The maximum atomic E-state index is 11.3. The van der Waals surface area contributed by atoms with E-state index in [1.54, 1.807) is 0 Å². The summed E-state index contributed by atoms with van der Waals surface area (Å²) in [5.41, 5.74) is 0. The van der Waals surface area contributed by atoms with E-state index < -0.39 is 18.8 Å². The second-order valence-corrected chi connectivity index (χ2v) is 0.960. The first kappa shape index (κ1) is 10.3. The van der Waals surface area contributed by atoms with Crippen LogP contribution >= 0.6 is 0 Å². The van der Waals surface area contributed by atoms with Crippen LogP contribution in [0.3, 0.4) is 0 Å². The quantitative estimate of drug-likeness (QED) is 0.592. The van der Waals surface area contributed by atoms with E-state index >= 15 is 0 Å². The maximum absolute atomic E-state index is 11.3. The van der Waals surface area contributed by atoms with Crippen LogP contribution in [-0.2, 0) is 4.79 Å². The van der Waals surface area contributed by atoms with E-state index in [1.165, 1.54) is 0 Å². The number of hydrogen-bond donors (Lipinski definition) is 1. The van der Waals surface area contributed by atoms with Gasteiger partial charge in [0.1, 0.15) is 6.67 Å². The molecule has 50 valence electrons. The van der Waals surface area contributed by atoms with Crippen LogP contribution in [0.2, 0.25) is 0 Å². The third-order valence-corrected chi connectivity index (χ3v) is 0.403. The molecule has 0 aromatic heterocycles. The summed E-state index contributed by atoms with van der Waals surface area (Å²) in [6.45, 7) is -1.45. The summed E-state index contributed by atoms with van der Waals surface area (Å²) in [7, 11) is 0. The van der Waals surface area contributed by atoms with Gasteiger partial charge in [-0.05, 0) is 0 Å². The van der Waals surface area contributed by atoms with Crippen molar-refractivity contribution in [2.45, 2.75) is 6.17 Å².